The van der Waals surface area contributed by atoms with Gasteiger partial charge in [0.1, 0.15) is 11.5 Å². The number of aliphatic hydroxyl groups excluding tert-OH is 1. The van der Waals surface area contributed by atoms with Crippen LogP contribution in [0.15, 0.2) is 78.4 Å². The molecule has 1 amide bonds. The predicted molar refractivity (Wildman–Crippen MR) is 139 cm³/mol. The van der Waals surface area contributed by atoms with Crippen molar-refractivity contribution in [3.63, 3.8) is 0 Å². The number of carbonyl (C=O) groups is 2. The van der Waals surface area contributed by atoms with E-state index in [0.717, 1.165) is 16.7 Å². The molecule has 4 rings (SSSR count). The maximum atomic E-state index is 13.4. The highest BCUT2D eigenvalue weighted by Gasteiger charge is 2.47. The molecule has 3 aromatic carbocycles. The van der Waals surface area contributed by atoms with Gasteiger partial charge in [0.15, 0.2) is 0 Å². The lowest BCUT2D eigenvalue weighted by Gasteiger charge is -2.26. The number of anilines is 1. The fourth-order valence-electron chi connectivity index (χ4n) is 4.41. The largest absolute Gasteiger partial charge is 0.507 e. The fourth-order valence-corrected chi connectivity index (χ4v) is 4.41. The standard InChI is InChI=1S/C30H31NO4/c1-6-35-23-16-14-22(15-17-23)31-26(20-10-8-7-9-11-20)25(28(33)29(31)34)27(32)24-18-21(30(3,4)5)13-12-19(24)2/h7-18,26,32H,6H2,1-5H3/b27-25+. The second-order valence-electron chi connectivity index (χ2n) is 9.79. The minimum Gasteiger partial charge on any atom is -0.507 e. The van der Waals surface area contributed by atoms with Gasteiger partial charge in [-0.05, 0) is 66.3 Å². The molecular formula is C30H31NO4. The van der Waals surface area contributed by atoms with E-state index in [2.05, 4.69) is 20.8 Å². The van der Waals surface area contributed by atoms with Crippen molar-refractivity contribution in [1.82, 2.24) is 0 Å². The molecule has 0 aliphatic carbocycles. The van der Waals surface area contributed by atoms with Gasteiger partial charge in [0.2, 0.25) is 0 Å². The number of hydrogen-bond acceptors (Lipinski definition) is 4. The second-order valence-corrected chi connectivity index (χ2v) is 9.79. The average molecular weight is 470 g/mol. The summed E-state index contributed by atoms with van der Waals surface area (Å²) in [7, 11) is 0. The lowest BCUT2D eigenvalue weighted by molar-refractivity contribution is -0.132. The van der Waals surface area contributed by atoms with E-state index in [1.54, 1.807) is 24.3 Å². The van der Waals surface area contributed by atoms with Crippen molar-refractivity contribution in [2.45, 2.75) is 46.1 Å². The van der Waals surface area contributed by atoms with Gasteiger partial charge < -0.3 is 9.84 Å². The van der Waals surface area contributed by atoms with Crippen LogP contribution in [0.3, 0.4) is 0 Å². The van der Waals surface area contributed by atoms with E-state index in [-0.39, 0.29) is 16.7 Å². The summed E-state index contributed by atoms with van der Waals surface area (Å²) >= 11 is 0. The van der Waals surface area contributed by atoms with Crippen LogP contribution in [-0.2, 0) is 15.0 Å². The molecule has 0 radical (unpaired) electrons. The summed E-state index contributed by atoms with van der Waals surface area (Å²) in [6.45, 7) is 10.6. The maximum absolute atomic E-state index is 13.4. The number of aliphatic hydroxyl groups is 1. The summed E-state index contributed by atoms with van der Waals surface area (Å²) in [5.74, 6) is -0.854. The number of ketones is 1. The normalized spacial score (nSPS) is 17.6. The Morgan fingerprint density at radius 1 is 0.971 bits per heavy atom. The number of nitrogens with zero attached hydrogens (tertiary/aromatic N) is 1. The molecule has 1 aliphatic rings. The highest BCUT2D eigenvalue weighted by molar-refractivity contribution is 6.51. The third-order valence-corrected chi connectivity index (χ3v) is 6.34. The van der Waals surface area contributed by atoms with Crippen molar-refractivity contribution in [3.8, 4) is 5.75 Å². The molecule has 0 spiro atoms. The highest BCUT2D eigenvalue weighted by atomic mass is 16.5. The van der Waals surface area contributed by atoms with Crippen LogP contribution in [0, 0.1) is 6.92 Å². The van der Waals surface area contributed by atoms with E-state index >= 15 is 0 Å². The van der Waals surface area contributed by atoms with Gasteiger partial charge in [-0.25, -0.2) is 0 Å². The number of rotatable bonds is 5. The molecule has 1 saturated heterocycles. The van der Waals surface area contributed by atoms with Crippen LogP contribution in [0.25, 0.3) is 5.76 Å². The monoisotopic (exact) mass is 469 g/mol. The number of amides is 1. The molecular weight excluding hydrogens is 438 g/mol. The Labute approximate surface area is 206 Å². The first-order valence-electron chi connectivity index (χ1n) is 11.8. The van der Waals surface area contributed by atoms with Gasteiger partial charge in [-0.2, -0.15) is 0 Å². The fraction of sp³-hybridized carbons (Fsp3) is 0.267. The van der Waals surface area contributed by atoms with Gasteiger partial charge in [-0.1, -0.05) is 63.2 Å². The Morgan fingerprint density at radius 2 is 1.63 bits per heavy atom. The summed E-state index contributed by atoms with van der Waals surface area (Å²) in [5.41, 5.74) is 3.66. The average Bonchev–Trinajstić information content (AvgIpc) is 3.10. The summed E-state index contributed by atoms with van der Waals surface area (Å²) in [6.07, 6.45) is 0. The minimum atomic E-state index is -0.758. The van der Waals surface area contributed by atoms with Crippen molar-refractivity contribution in [2.75, 3.05) is 11.5 Å². The Hall–Kier alpha value is -3.86. The number of ether oxygens (including phenoxy) is 1. The van der Waals surface area contributed by atoms with E-state index in [1.807, 2.05) is 62.4 Å². The number of Topliss-reactive ketones (excluding diaryl/α,β-unsaturated/α-hetero) is 1. The Kier molecular flexibility index (Phi) is 6.53. The van der Waals surface area contributed by atoms with Crippen LogP contribution in [0.2, 0.25) is 0 Å². The van der Waals surface area contributed by atoms with E-state index in [4.69, 9.17) is 4.74 Å². The molecule has 35 heavy (non-hydrogen) atoms. The van der Waals surface area contributed by atoms with E-state index < -0.39 is 17.7 Å². The zero-order chi connectivity index (χ0) is 25.3. The molecule has 180 valence electrons. The molecule has 5 nitrogen and oxygen atoms in total. The first-order valence-corrected chi connectivity index (χ1v) is 11.8. The summed E-state index contributed by atoms with van der Waals surface area (Å²) in [6, 6.07) is 21.5. The molecule has 1 aliphatic heterocycles. The lowest BCUT2D eigenvalue weighted by atomic mass is 9.84. The lowest BCUT2D eigenvalue weighted by Crippen LogP contribution is -2.29. The smallest absolute Gasteiger partial charge is 0.300 e. The molecule has 5 heteroatoms. The topological polar surface area (TPSA) is 66.8 Å². The highest BCUT2D eigenvalue weighted by Crippen LogP contribution is 2.43. The Bertz CT molecular complexity index is 1280. The molecule has 0 aromatic heterocycles. The van der Waals surface area contributed by atoms with E-state index in [9.17, 15) is 14.7 Å². The molecule has 1 N–H and O–H groups in total. The van der Waals surface area contributed by atoms with E-state index in [0.29, 0.717) is 23.6 Å². The number of benzene rings is 3. The summed E-state index contributed by atoms with van der Waals surface area (Å²) in [4.78, 5) is 28.2. The first kappa shape index (κ1) is 24.3. The van der Waals surface area contributed by atoms with Crippen LogP contribution in [-0.4, -0.2) is 23.4 Å². The van der Waals surface area contributed by atoms with Crippen LogP contribution >= 0.6 is 0 Å². The van der Waals surface area contributed by atoms with Crippen molar-refractivity contribution in [2.24, 2.45) is 0 Å². The van der Waals surface area contributed by atoms with Crippen LogP contribution in [0.5, 0.6) is 5.75 Å². The molecule has 0 saturated carbocycles. The molecule has 1 fully saturated rings. The van der Waals surface area contributed by atoms with Gasteiger partial charge in [0, 0.05) is 11.3 Å². The molecule has 0 bridgehead atoms. The molecule has 1 unspecified atom stereocenters. The quantitative estimate of drug-likeness (QED) is 0.270. The second kappa shape index (κ2) is 9.41. The van der Waals surface area contributed by atoms with Crippen LogP contribution in [0.1, 0.15) is 56.0 Å². The zero-order valence-electron chi connectivity index (χ0n) is 20.8. The number of carbonyl (C=O) groups excluding carboxylic acids is 2. The van der Waals surface area contributed by atoms with Gasteiger partial charge in [-0.15, -0.1) is 0 Å². The third kappa shape index (κ3) is 4.59. The SMILES string of the molecule is CCOc1ccc(N2C(=O)C(=O)/C(=C(/O)c3cc(C(C)(C)C)ccc3C)C2c2ccccc2)cc1. The van der Waals surface area contributed by atoms with Crippen molar-refractivity contribution in [1.29, 1.82) is 0 Å². The Balaban J connectivity index is 1.92. The van der Waals surface area contributed by atoms with Gasteiger partial charge >= 0.3 is 0 Å². The maximum Gasteiger partial charge on any atom is 0.300 e. The summed E-state index contributed by atoms with van der Waals surface area (Å²) < 4.78 is 5.53. The number of aryl methyl sites for hydroxylation is 1. The van der Waals surface area contributed by atoms with Crippen molar-refractivity contribution in [3.05, 3.63) is 101 Å². The predicted octanol–water partition coefficient (Wildman–Crippen LogP) is 6.32. The van der Waals surface area contributed by atoms with Crippen molar-refractivity contribution >= 4 is 23.1 Å². The van der Waals surface area contributed by atoms with Crippen molar-refractivity contribution < 1.29 is 19.4 Å². The third-order valence-electron chi connectivity index (χ3n) is 6.34. The Morgan fingerprint density at radius 3 is 2.23 bits per heavy atom. The number of hydrogen-bond donors (Lipinski definition) is 1. The van der Waals surface area contributed by atoms with Crippen LogP contribution < -0.4 is 9.64 Å². The van der Waals surface area contributed by atoms with Gasteiger partial charge in [-0.3, -0.25) is 14.5 Å². The minimum absolute atomic E-state index is 0.0873. The molecule has 3 aromatic rings. The van der Waals surface area contributed by atoms with E-state index in [1.165, 1.54) is 4.90 Å². The summed E-state index contributed by atoms with van der Waals surface area (Å²) in [5, 5.41) is 11.5. The molecule has 1 heterocycles. The van der Waals surface area contributed by atoms with Gasteiger partial charge in [0.05, 0.1) is 18.2 Å². The van der Waals surface area contributed by atoms with Crippen LogP contribution in [0.4, 0.5) is 5.69 Å². The first-order chi connectivity index (χ1) is 16.6. The molecule has 1 atom stereocenters. The van der Waals surface area contributed by atoms with Gasteiger partial charge in [0.25, 0.3) is 11.7 Å². The zero-order valence-corrected chi connectivity index (χ0v) is 20.8.